The molecule has 3 N–H and O–H groups in total. The van der Waals surface area contributed by atoms with Crippen LogP contribution in [-0.2, 0) is 11.2 Å². The summed E-state index contributed by atoms with van der Waals surface area (Å²) in [5, 5.41) is 32.0. The Hall–Kier alpha value is -4.65. The Kier molecular flexibility index (Phi) is 5.02. The molecule has 0 fully saturated rings. The predicted octanol–water partition coefficient (Wildman–Crippen LogP) is 5.19. The van der Waals surface area contributed by atoms with Gasteiger partial charge in [-0.05, 0) is 59.3 Å². The number of aliphatic carboxylic acids is 1. The summed E-state index contributed by atoms with van der Waals surface area (Å²) in [6.45, 7) is 0. The highest BCUT2D eigenvalue weighted by Gasteiger charge is 2.20. The number of hydrogen-bond donors (Lipinski definition) is 3. The van der Waals surface area contributed by atoms with Crippen LogP contribution in [0.25, 0.3) is 43.8 Å². The molecule has 5 rings (SSSR count). The number of phenolic OH excluding ortho intramolecular Hbond substituents is 1. The highest BCUT2D eigenvalue weighted by molar-refractivity contribution is 6.17. The number of rotatable bonds is 5. The summed E-state index contributed by atoms with van der Waals surface area (Å²) in [4.78, 5) is 35.0. The van der Waals surface area contributed by atoms with Crippen LogP contribution in [0.3, 0.4) is 0 Å². The van der Waals surface area contributed by atoms with E-state index in [1.54, 1.807) is 42.5 Å². The van der Waals surface area contributed by atoms with Gasteiger partial charge in [-0.3, -0.25) is 9.59 Å². The second-order valence-electron chi connectivity index (χ2n) is 8.02. The van der Waals surface area contributed by atoms with Gasteiger partial charge >= 0.3 is 11.9 Å². The van der Waals surface area contributed by atoms with E-state index in [1.165, 1.54) is 24.3 Å². The third-order valence-corrected chi connectivity index (χ3v) is 5.91. The highest BCUT2D eigenvalue weighted by atomic mass is 16.4. The number of aromatic hydroxyl groups is 1. The van der Waals surface area contributed by atoms with Crippen LogP contribution >= 0.6 is 0 Å². The lowest BCUT2D eigenvalue weighted by atomic mass is 9.91. The first-order chi connectivity index (χ1) is 16.3. The van der Waals surface area contributed by atoms with Gasteiger partial charge in [0, 0.05) is 34.2 Å². The van der Waals surface area contributed by atoms with E-state index in [0.717, 1.165) is 0 Å². The largest absolute Gasteiger partial charge is 0.508 e. The maximum absolute atomic E-state index is 12.1. The van der Waals surface area contributed by atoms with E-state index in [4.69, 9.17) is 9.52 Å². The quantitative estimate of drug-likeness (QED) is 0.247. The van der Waals surface area contributed by atoms with Gasteiger partial charge < -0.3 is 19.7 Å². The monoisotopic (exact) mass is 454 g/mol. The van der Waals surface area contributed by atoms with Crippen molar-refractivity contribution >= 4 is 44.6 Å². The summed E-state index contributed by atoms with van der Waals surface area (Å²) in [6.07, 6.45) is -0.0772. The molecule has 0 aliphatic rings. The van der Waals surface area contributed by atoms with Crippen molar-refractivity contribution in [1.82, 2.24) is 0 Å². The molecule has 4 aromatic carbocycles. The third-order valence-electron chi connectivity index (χ3n) is 5.91. The number of aromatic carboxylic acids is 1. The summed E-state index contributed by atoms with van der Waals surface area (Å²) in [7, 11) is 0. The van der Waals surface area contributed by atoms with Crippen LogP contribution in [0.4, 0.5) is 0 Å². The first-order valence-electron chi connectivity index (χ1n) is 10.5. The lowest BCUT2D eigenvalue weighted by Gasteiger charge is -2.16. The Balaban J connectivity index is 1.95. The molecule has 1 heterocycles. The van der Waals surface area contributed by atoms with Crippen LogP contribution in [0, 0.1) is 0 Å². The molecular formula is C27H18O7. The number of fused-ring (bicyclic) bond motifs is 4. The van der Waals surface area contributed by atoms with Crippen LogP contribution in [0.1, 0.15) is 22.3 Å². The average molecular weight is 454 g/mol. The molecular weight excluding hydrogens is 436 g/mol. The zero-order valence-corrected chi connectivity index (χ0v) is 17.7. The molecule has 0 saturated carbocycles. The lowest BCUT2D eigenvalue weighted by molar-refractivity contribution is -0.136. The Morgan fingerprint density at radius 3 is 2.38 bits per heavy atom. The average Bonchev–Trinajstić information content (AvgIpc) is 2.81. The van der Waals surface area contributed by atoms with Gasteiger partial charge in [0.05, 0.1) is 5.56 Å². The van der Waals surface area contributed by atoms with E-state index in [-0.39, 0.29) is 29.6 Å². The van der Waals surface area contributed by atoms with E-state index >= 15 is 0 Å². The molecule has 5 aromatic rings. The predicted molar refractivity (Wildman–Crippen MR) is 128 cm³/mol. The Morgan fingerprint density at radius 2 is 1.62 bits per heavy atom. The van der Waals surface area contributed by atoms with E-state index in [2.05, 4.69) is 0 Å². The summed E-state index contributed by atoms with van der Waals surface area (Å²) < 4.78 is 6.20. The lowest BCUT2D eigenvalue weighted by Crippen LogP contribution is -2.01. The Labute approximate surface area is 192 Å². The Morgan fingerprint density at radius 1 is 0.853 bits per heavy atom. The normalized spacial score (nSPS) is 11.3. The fourth-order valence-electron chi connectivity index (χ4n) is 4.35. The van der Waals surface area contributed by atoms with E-state index < -0.39 is 11.9 Å². The van der Waals surface area contributed by atoms with Crippen LogP contribution in [-0.4, -0.2) is 27.3 Å². The van der Waals surface area contributed by atoms with E-state index in [9.17, 15) is 24.6 Å². The standard InChI is InChI=1S/C27H18O7/c28-16-7-9-17-14(11-16)5-8-20-25(18-3-1-2-4-19(18)27(32)33)21-12-15(6-10-24(30)31)22(29)13-23(21)34-26(17)20/h1-5,7-9,11-13,29H,6,10H2,(H,30,31)(H,32,33). The van der Waals surface area contributed by atoms with Crippen molar-refractivity contribution in [3.05, 3.63) is 88.1 Å². The topological polar surface area (TPSA) is 125 Å². The number of carbonyl (C=O) groups is 2. The minimum absolute atomic E-state index is 0.0893. The number of hydrogen-bond acceptors (Lipinski definition) is 5. The van der Waals surface area contributed by atoms with Crippen LogP contribution in [0.5, 0.6) is 5.75 Å². The van der Waals surface area contributed by atoms with Gasteiger partial charge in [0.15, 0.2) is 5.43 Å². The molecule has 0 radical (unpaired) electrons. The number of carboxylic acid groups (broad SMARTS) is 2. The maximum Gasteiger partial charge on any atom is 0.336 e. The van der Waals surface area contributed by atoms with Gasteiger partial charge in [0.1, 0.15) is 16.9 Å². The van der Waals surface area contributed by atoms with Crippen LogP contribution in [0.15, 0.2) is 75.9 Å². The number of benzene rings is 4. The third kappa shape index (κ3) is 3.53. The van der Waals surface area contributed by atoms with Gasteiger partial charge in [-0.1, -0.05) is 24.3 Å². The molecule has 168 valence electrons. The molecule has 0 aliphatic heterocycles. The van der Waals surface area contributed by atoms with Crippen molar-refractivity contribution in [2.45, 2.75) is 12.8 Å². The molecule has 34 heavy (non-hydrogen) atoms. The molecule has 0 amide bonds. The van der Waals surface area contributed by atoms with Crippen molar-refractivity contribution in [3.63, 3.8) is 0 Å². The van der Waals surface area contributed by atoms with Gasteiger partial charge in [0.2, 0.25) is 0 Å². The molecule has 0 atom stereocenters. The second-order valence-corrected chi connectivity index (χ2v) is 8.02. The molecule has 0 aliphatic carbocycles. The summed E-state index contributed by atoms with van der Waals surface area (Å²) >= 11 is 0. The first-order valence-corrected chi connectivity index (χ1v) is 10.5. The maximum atomic E-state index is 12.1. The van der Waals surface area contributed by atoms with Crippen molar-refractivity contribution in [3.8, 4) is 16.9 Å². The minimum Gasteiger partial charge on any atom is -0.508 e. The van der Waals surface area contributed by atoms with Crippen molar-refractivity contribution in [2.24, 2.45) is 0 Å². The number of carboxylic acids is 2. The van der Waals surface area contributed by atoms with Gasteiger partial charge in [-0.2, -0.15) is 0 Å². The fourth-order valence-corrected chi connectivity index (χ4v) is 4.35. The number of aryl methyl sites for hydroxylation is 1. The summed E-state index contributed by atoms with van der Waals surface area (Å²) in [5.74, 6) is -2.21. The molecule has 7 heteroatoms. The molecule has 0 bridgehead atoms. The molecule has 0 saturated heterocycles. The number of phenols is 1. The van der Waals surface area contributed by atoms with Crippen LogP contribution in [0.2, 0.25) is 0 Å². The SMILES string of the molecule is O=C(O)CCc1cc2c(-c3ccccc3C(=O)O)c3ccc4cc(=O)ccc4c3oc2cc1O. The zero-order chi connectivity index (χ0) is 24.0. The smallest absolute Gasteiger partial charge is 0.336 e. The highest BCUT2D eigenvalue weighted by Crippen LogP contribution is 2.42. The van der Waals surface area contributed by atoms with Gasteiger partial charge in [0.25, 0.3) is 0 Å². The van der Waals surface area contributed by atoms with Crippen molar-refractivity contribution in [2.75, 3.05) is 0 Å². The molecule has 0 spiro atoms. The van der Waals surface area contributed by atoms with Gasteiger partial charge in [-0.15, -0.1) is 0 Å². The van der Waals surface area contributed by atoms with Crippen molar-refractivity contribution in [1.29, 1.82) is 0 Å². The minimum atomic E-state index is -1.10. The van der Waals surface area contributed by atoms with Crippen molar-refractivity contribution < 1.29 is 29.3 Å². The first kappa shape index (κ1) is 21.2. The Bertz CT molecular complexity index is 1700. The van der Waals surface area contributed by atoms with Gasteiger partial charge in [-0.25, -0.2) is 4.79 Å². The fraction of sp³-hybridized carbons (Fsp3) is 0.0741. The van der Waals surface area contributed by atoms with Crippen LogP contribution < -0.4 is 5.43 Å². The van der Waals surface area contributed by atoms with E-state index in [0.29, 0.717) is 49.4 Å². The summed E-state index contributed by atoms with van der Waals surface area (Å²) in [5.41, 5.74) is 2.14. The zero-order valence-electron chi connectivity index (χ0n) is 17.7. The second kappa shape index (κ2) is 8.04. The van der Waals surface area contributed by atoms with E-state index in [1.807, 2.05) is 0 Å². The summed E-state index contributed by atoms with van der Waals surface area (Å²) in [6, 6.07) is 17.8. The molecule has 7 nitrogen and oxygen atoms in total. The molecule has 0 unspecified atom stereocenters. The molecule has 1 aromatic heterocycles.